The number of hydrogen-bond acceptors (Lipinski definition) is 5. The van der Waals surface area contributed by atoms with Crippen molar-refractivity contribution in [3.63, 3.8) is 0 Å². The summed E-state index contributed by atoms with van der Waals surface area (Å²) in [6.45, 7) is 6.57. The first-order chi connectivity index (χ1) is 9.99. The van der Waals surface area contributed by atoms with Gasteiger partial charge in [-0.05, 0) is 24.7 Å². The van der Waals surface area contributed by atoms with E-state index in [1.165, 1.54) is 4.57 Å². The van der Waals surface area contributed by atoms with E-state index >= 15 is 0 Å². The van der Waals surface area contributed by atoms with Gasteiger partial charge in [-0.3, -0.25) is 14.3 Å². The standard InChI is InChI=1S/C14H24N4O3/c1-9(2)7-18-12(15)11(13(19)17-14(18)20)16-6-10-4-3-5-21-8-10/h9-10,16H,3-8,15H2,1-2H3,(H,17,19,20). The van der Waals surface area contributed by atoms with Crippen molar-refractivity contribution in [1.82, 2.24) is 9.55 Å². The number of nitrogens with one attached hydrogen (secondary N) is 2. The molecule has 118 valence electrons. The predicted molar refractivity (Wildman–Crippen MR) is 82.6 cm³/mol. The Kier molecular flexibility index (Phi) is 5.06. The fourth-order valence-electron chi connectivity index (χ4n) is 2.52. The normalized spacial score (nSPS) is 18.9. The summed E-state index contributed by atoms with van der Waals surface area (Å²) in [5.74, 6) is 0.827. The van der Waals surface area contributed by atoms with E-state index < -0.39 is 11.2 Å². The average molecular weight is 296 g/mol. The molecule has 21 heavy (non-hydrogen) atoms. The molecule has 1 aromatic rings. The van der Waals surface area contributed by atoms with Crippen molar-refractivity contribution in [3.8, 4) is 0 Å². The first-order valence-electron chi connectivity index (χ1n) is 7.43. The number of hydrogen-bond donors (Lipinski definition) is 3. The second-order valence-corrected chi connectivity index (χ2v) is 5.99. The van der Waals surface area contributed by atoms with Gasteiger partial charge < -0.3 is 15.8 Å². The summed E-state index contributed by atoms with van der Waals surface area (Å²) in [7, 11) is 0. The van der Waals surface area contributed by atoms with Crippen LogP contribution in [0.1, 0.15) is 26.7 Å². The molecule has 0 aromatic carbocycles. The van der Waals surface area contributed by atoms with E-state index in [4.69, 9.17) is 10.5 Å². The first kappa shape index (κ1) is 15.6. The molecule has 1 aromatic heterocycles. The molecule has 0 bridgehead atoms. The van der Waals surface area contributed by atoms with Crippen LogP contribution in [-0.4, -0.2) is 29.3 Å². The van der Waals surface area contributed by atoms with Crippen LogP contribution in [0.4, 0.5) is 11.5 Å². The summed E-state index contributed by atoms with van der Waals surface area (Å²) in [6.07, 6.45) is 2.10. The molecule has 0 aliphatic carbocycles. The molecular formula is C14H24N4O3. The molecular weight excluding hydrogens is 272 g/mol. The Labute approximate surface area is 123 Å². The van der Waals surface area contributed by atoms with E-state index in [2.05, 4.69) is 10.3 Å². The number of nitrogens with two attached hydrogens (primary N) is 1. The van der Waals surface area contributed by atoms with E-state index in [0.717, 1.165) is 19.4 Å². The summed E-state index contributed by atoms with van der Waals surface area (Å²) < 4.78 is 6.82. The molecule has 2 rings (SSSR count). The number of aromatic nitrogens is 2. The van der Waals surface area contributed by atoms with E-state index in [1.54, 1.807) is 0 Å². The molecule has 0 radical (unpaired) electrons. The van der Waals surface area contributed by atoms with Gasteiger partial charge in [-0.2, -0.15) is 0 Å². The number of nitrogen functional groups attached to an aromatic ring is 1. The molecule has 1 fully saturated rings. The Balaban J connectivity index is 2.18. The van der Waals surface area contributed by atoms with Crippen LogP contribution < -0.4 is 22.3 Å². The lowest BCUT2D eigenvalue weighted by Gasteiger charge is -2.23. The van der Waals surface area contributed by atoms with Gasteiger partial charge in [-0.15, -0.1) is 0 Å². The van der Waals surface area contributed by atoms with Gasteiger partial charge >= 0.3 is 5.69 Å². The van der Waals surface area contributed by atoms with Gasteiger partial charge in [0, 0.05) is 19.7 Å². The van der Waals surface area contributed by atoms with Gasteiger partial charge in [0.15, 0.2) is 0 Å². The quantitative estimate of drug-likeness (QED) is 0.739. The summed E-state index contributed by atoms with van der Waals surface area (Å²) in [6, 6.07) is 0. The van der Waals surface area contributed by atoms with Crippen molar-refractivity contribution < 1.29 is 4.74 Å². The lowest BCUT2D eigenvalue weighted by molar-refractivity contribution is 0.0595. The van der Waals surface area contributed by atoms with Gasteiger partial charge in [-0.25, -0.2) is 4.79 Å². The summed E-state index contributed by atoms with van der Waals surface area (Å²) in [4.78, 5) is 26.1. The average Bonchev–Trinajstić information content (AvgIpc) is 2.44. The van der Waals surface area contributed by atoms with E-state index in [0.29, 0.717) is 25.6 Å². The summed E-state index contributed by atoms with van der Waals surface area (Å²) in [5.41, 5.74) is 5.35. The van der Waals surface area contributed by atoms with Gasteiger partial charge in [0.2, 0.25) is 0 Å². The second-order valence-electron chi connectivity index (χ2n) is 5.99. The Morgan fingerprint density at radius 2 is 2.24 bits per heavy atom. The Morgan fingerprint density at radius 1 is 1.48 bits per heavy atom. The fraction of sp³-hybridized carbons (Fsp3) is 0.714. The Morgan fingerprint density at radius 3 is 2.86 bits per heavy atom. The third-order valence-corrected chi connectivity index (χ3v) is 3.61. The minimum atomic E-state index is -0.464. The molecule has 1 unspecified atom stereocenters. The minimum absolute atomic E-state index is 0.203. The molecule has 1 atom stereocenters. The van der Waals surface area contributed by atoms with Crippen LogP contribution in [0, 0.1) is 11.8 Å². The van der Waals surface area contributed by atoms with Gasteiger partial charge in [-0.1, -0.05) is 13.8 Å². The third-order valence-electron chi connectivity index (χ3n) is 3.61. The summed E-state index contributed by atoms with van der Waals surface area (Å²) in [5, 5.41) is 3.08. The second kappa shape index (κ2) is 6.80. The van der Waals surface area contributed by atoms with Crippen LogP contribution in [0.25, 0.3) is 0 Å². The SMILES string of the molecule is CC(C)Cn1c(N)c(NCC2CCCOC2)c(=O)[nH]c1=O. The Hall–Kier alpha value is -1.76. The predicted octanol–water partition coefficient (Wildman–Crippen LogP) is 0.613. The van der Waals surface area contributed by atoms with E-state index in [-0.39, 0.29) is 17.4 Å². The number of aromatic amines is 1. The molecule has 1 saturated heterocycles. The molecule has 0 saturated carbocycles. The highest BCUT2D eigenvalue weighted by atomic mass is 16.5. The van der Waals surface area contributed by atoms with Crippen molar-refractivity contribution in [2.45, 2.75) is 33.2 Å². The topological polar surface area (TPSA) is 102 Å². The molecule has 0 spiro atoms. The van der Waals surface area contributed by atoms with Gasteiger partial charge in [0.05, 0.1) is 6.61 Å². The molecule has 0 amide bonds. The lowest BCUT2D eigenvalue weighted by Crippen LogP contribution is -2.36. The summed E-state index contributed by atoms with van der Waals surface area (Å²) >= 11 is 0. The molecule has 1 aliphatic heterocycles. The number of anilines is 2. The van der Waals surface area contributed by atoms with Gasteiger partial charge in [0.1, 0.15) is 11.5 Å². The molecule has 4 N–H and O–H groups in total. The zero-order valence-electron chi connectivity index (χ0n) is 12.6. The minimum Gasteiger partial charge on any atom is -0.383 e. The van der Waals surface area contributed by atoms with Gasteiger partial charge in [0.25, 0.3) is 5.56 Å². The maximum Gasteiger partial charge on any atom is 0.330 e. The van der Waals surface area contributed by atoms with Crippen LogP contribution >= 0.6 is 0 Å². The van der Waals surface area contributed by atoms with E-state index in [9.17, 15) is 9.59 Å². The van der Waals surface area contributed by atoms with E-state index in [1.807, 2.05) is 13.8 Å². The molecule has 1 aliphatic rings. The number of ether oxygens (including phenoxy) is 1. The van der Waals surface area contributed by atoms with Crippen molar-refractivity contribution in [2.24, 2.45) is 11.8 Å². The smallest absolute Gasteiger partial charge is 0.330 e. The fourth-order valence-corrected chi connectivity index (χ4v) is 2.52. The third kappa shape index (κ3) is 3.87. The highest BCUT2D eigenvalue weighted by molar-refractivity contribution is 5.60. The van der Waals surface area contributed by atoms with Crippen LogP contribution in [0.3, 0.4) is 0 Å². The van der Waals surface area contributed by atoms with Crippen LogP contribution in [0.15, 0.2) is 9.59 Å². The van der Waals surface area contributed by atoms with Crippen molar-refractivity contribution in [2.75, 3.05) is 30.8 Å². The van der Waals surface area contributed by atoms with Crippen LogP contribution in [0.5, 0.6) is 0 Å². The highest BCUT2D eigenvalue weighted by Crippen LogP contribution is 2.16. The van der Waals surface area contributed by atoms with Crippen LogP contribution in [0.2, 0.25) is 0 Å². The number of nitrogens with zero attached hydrogens (tertiary/aromatic N) is 1. The number of H-pyrrole nitrogens is 1. The molecule has 2 heterocycles. The monoisotopic (exact) mass is 296 g/mol. The van der Waals surface area contributed by atoms with Crippen molar-refractivity contribution >= 4 is 11.5 Å². The zero-order chi connectivity index (χ0) is 15.4. The highest BCUT2D eigenvalue weighted by Gasteiger charge is 2.17. The lowest BCUT2D eigenvalue weighted by atomic mass is 10.0. The molecule has 7 nitrogen and oxygen atoms in total. The Bertz CT molecular complexity index is 585. The molecule has 7 heteroatoms. The maximum absolute atomic E-state index is 11.9. The van der Waals surface area contributed by atoms with Crippen molar-refractivity contribution in [3.05, 3.63) is 20.8 Å². The first-order valence-corrected chi connectivity index (χ1v) is 7.43. The van der Waals surface area contributed by atoms with Crippen molar-refractivity contribution in [1.29, 1.82) is 0 Å². The number of rotatable bonds is 5. The maximum atomic E-state index is 11.9. The largest absolute Gasteiger partial charge is 0.383 e. The zero-order valence-corrected chi connectivity index (χ0v) is 12.6. The van der Waals surface area contributed by atoms with Crippen LogP contribution in [-0.2, 0) is 11.3 Å².